The van der Waals surface area contributed by atoms with E-state index in [1.54, 1.807) is 47.2 Å². The van der Waals surface area contributed by atoms with Crippen LogP contribution in [-0.4, -0.2) is 71.7 Å². The van der Waals surface area contributed by atoms with Crippen molar-refractivity contribution in [2.75, 3.05) is 40.0 Å². The van der Waals surface area contributed by atoms with Crippen LogP contribution in [0.2, 0.25) is 5.02 Å². The number of halogens is 1. The predicted octanol–water partition coefficient (Wildman–Crippen LogP) is 1.55. The normalized spacial score (nSPS) is 16.5. The van der Waals surface area contributed by atoms with E-state index >= 15 is 0 Å². The summed E-state index contributed by atoms with van der Waals surface area (Å²) in [5.74, 6) is 0.0638. The van der Waals surface area contributed by atoms with Gasteiger partial charge in [-0.3, -0.25) is 9.59 Å². The van der Waals surface area contributed by atoms with E-state index in [-0.39, 0.29) is 30.2 Å². The Morgan fingerprint density at radius 3 is 2.97 bits per heavy atom. The summed E-state index contributed by atoms with van der Waals surface area (Å²) in [5, 5.41) is 11.2. The highest BCUT2D eigenvalue weighted by Gasteiger charge is 2.26. The van der Waals surface area contributed by atoms with E-state index in [1.165, 1.54) is 0 Å². The average molecular weight is 422 g/mol. The zero-order valence-corrected chi connectivity index (χ0v) is 17.0. The first kappa shape index (κ1) is 21.1. The number of likely N-dealkylation sites (tertiary alicyclic amines) is 1. The monoisotopic (exact) mass is 421 g/mol. The van der Waals surface area contributed by atoms with Gasteiger partial charge in [0.05, 0.1) is 23.9 Å². The molecule has 0 aliphatic carbocycles. The smallest absolute Gasteiger partial charge is 0.273 e. The summed E-state index contributed by atoms with van der Waals surface area (Å²) in [5.41, 5.74) is 0.242. The highest BCUT2D eigenvalue weighted by Crippen LogP contribution is 2.24. The van der Waals surface area contributed by atoms with Gasteiger partial charge >= 0.3 is 0 Å². The maximum atomic E-state index is 12.6. The Morgan fingerprint density at radius 2 is 2.17 bits per heavy atom. The molecule has 1 fully saturated rings. The van der Waals surface area contributed by atoms with Crippen LogP contribution in [-0.2, 0) is 9.53 Å². The van der Waals surface area contributed by atoms with Gasteiger partial charge in [0, 0.05) is 26.7 Å². The minimum Gasteiger partial charge on any atom is -0.482 e. The van der Waals surface area contributed by atoms with Crippen molar-refractivity contribution in [2.24, 2.45) is 0 Å². The van der Waals surface area contributed by atoms with Crippen molar-refractivity contribution >= 4 is 23.4 Å². The minimum absolute atomic E-state index is 0.0407. The van der Waals surface area contributed by atoms with Crippen molar-refractivity contribution in [3.05, 3.63) is 41.2 Å². The number of benzene rings is 1. The summed E-state index contributed by atoms with van der Waals surface area (Å²) < 4.78 is 12.1. The van der Waals surface area contributed by atoms with Gasteiger partial charge in [-0.05, 0) is 25.0 Å². The van der Waals surface area contributed by atoms with E-state index in [1.807, 2.05) is 0 Å². The topological polar surface area (TPSA) is 98.6 Å². The van der Waals surface area contributed by atoms with Crippen LogP contribution < -0.4 is 10.1 Å². The van der Waals surface area contributed by atoms with Gasteiger partial charge in [-0.1, -0.05) is 28.9 Å². The lowest BCUT2D eigenvalue weighted by Crippen LogP contribution is -2.43. The molecule has 1 aliphatic rings. The number of methoxy groups -OCH3 is 1. The third-order valence-electron chi connectivity index (χ3n) is 4.65. The van der Waals surface area contributed by atoms with Crippen LogP contribution in [0.15, 0.2) is 30.5 Å². The molecule has 10 heteroatoms. The Morgan fingerprint density at radius 1 is 1.34 bits per heavy atom. The second kappa shape index (κ2) is 10.2. The van der Waals surface area contributed by atoms with Crippen LogP contribution in [0.25, 0.3) is 0 Å². The van der Waals surface area contributed by atoms with Crippen molar-refractivity contribution in [1.29, 1.82) is 0 Å². The molecular formula is C19H24ClN5O4. The molecule has 1 atom stereocenters. The van der Waals surface area contributed by atoms with Gasteiger partial charge in [0.1, 0.15) is 5.75 Å². The number of nitrogens with one attached hydrogen (secondary N) is 1. The molecule has 2 heterocycles. The first-order valence-electron chi connectivity index (χ1n) is 9.42. The lowest BCUT2D eigenvalue weighted by molar-refractivity contribution is -0.135. The summed E-state index contributed by atoms with van der Waals surface area (Å²) >= 11 is 6.06. The fourth-order valence-electron chi connectivity index (χ4n) is 3.11. The predicted molar refractivity (Wildman–Crippen MR) is 106 cm³/mol. The van der Waals surface area contributed by atoms with Crippen LogP contribution in [0.4, 0.5) is 0 Å². The second-order valence-electron chi connectivity index (χ2n) is 6.69. The van der Waals surface area contributed by atoms with Crippen molar-refractivity contribution < 1.29 is 19.1 Å². The molecule has 3 rings (SSSR count). The van der Waals surface area contributed by atoms with E-state index in [4.69, 9.17) is 21.1 Å². The zero-order chi connectivity index (χ0) is 20.6. The van der Waals surface area contributed by atoms with E-state index in [2.05, 4.69) is 15.6 Å². The number of ether oxygens (including phenoxy) is 2. The summed E-state index contributed by atoms with van der Waals surface area (Å²) in [7, 11) is 1.57. The quantitative estimate of drug-likeness (QED) is 0.649. The first-order valence-corrected chi connectivity index (χ1v) is 9.80. The van der Waals surface area contributed by atoms with Crippen molar-refractivity contribution in [3.8, 4) is 5.75 Å². The number of hydrogen-bond acceptors (Lipinski definition) is 6. The number of nitrogens with zero attached hydrogens (tertiary/aromatic N) is 4. The molecule has 1 aromatic carbocycles. The van der Waals surface area contributed by atoms with Crippen molar-refractivity contribution in [3.63, 3.8) is 0 Å². The second-order valence-corrected chi connectivity index (χ2v) is 7.09. The third kappa shape index (κ3) is 5.68. The fraction of sp³-hybridized carbons (Fsp3) is 0.474. The van der Waals surface area contributed by atoms with Gasteiger partial charge in [0.2, 0.25) is 0 Å². The molecule has 0 spiro atoms. The molecule has 29 heavy (non-hydrogen) atoms. The Labute approximate surface area is 173 Å². The summed E-state index contributed by atoms with van der Waals surface area (Å²) in [4.78, 5) is 26.4. The maximum absolute atomic E-state index is 12.6. The number of amides is 2. The van der Waals surface area contributed by atoms with Gasteiger partial charge in [0.25, 0.3) is 11.8 Å². The molecule has 1 aromatic heterocycles. The molecule has 156 valence electrons. The zero-order valence-electron chi connectivity index (χ0n) is 16.2. The molecule has 0 bridgehead atoms. The van der Waals surface area contributed by atoms with Gasteiger partial charge in [-0.25, -0.2) is 4.68 Å². The molecule has 1 aliphatic heterocycles. The molecule has 2 aromatic rings. The van der Waals surface area contributed by atoms with Crippen LogP contribution in [0.3, 0.4) is 0 Å². The number of aromatic nitrogens is 3. The molecule has 1 N–H and O–H groups in total. The lowest BCUT2D eigenvalue weighted by atomic mass is 10.1. The third-order valence-corrected chi connectivity index (χ3v) is 4.96. The summed E-state index contributed by atoms with van der Waals surface area (Å²) in [6, 6.07) is 7.00. The van der Waals surface area contributed by atoms with E-state index in [9.17, 15) is 9.59 Å². The maximum Gasteiger partial charge on any atom is 0.273 e. The minimum atomic E-state index is -0.301. The van der Waals surface area contributed by atoms with Gasteiger partial charge in [-0.15, -0.1) is 5.10 Å². The molecule has 1 saturated heterocycles. The van der Waals surface area contributed by atoms with Gasteiger partial charge in [0.15, 0.2) is 12.3 Å². The van der Waals surface area contributed by atoms with Crippen molar-refractivity contribution in [1.82, 2.24) is 25.2 Å². The molecular weight excluding hydrogens is 398 g/mol. The molecule has 1 unspecified atom stereocenters. The van der Waals surface area contributed by atoms with Gasteiger partial charge < -0.3 is 19.7 Å². The average Bonchev–Trinajstić information content (AvgIpc) is 3.24. The van der Waals surface area contributed by atoms with E-state index in [0.717, 1.165) is 12.8 Å². The highest BCUT2D eigenvalue weighted by atomic mass is 35.5. The Balaban J connectivity index is 1.54. The first-order chi connectivity index (χ1) is 14.1. The fourth-order valence-corrected chi connectivity index (χ4v) is 3.30. The van der Waals surface area contributed by atoms with E-state index < -0.39 is 0 Å². The molecule has 2 amide bonds. The molecule has 9 nitrogen and oxygen atoms in total. The molecule has 0 saturated carbocycles. The Bertz CT molecular complexity index is 844. The number of carbonyl (C=O) groups is 2. The Hall–Kier alpha value is -2.65. The van der Waals surface area contributed by atoms with Crippen LogP contribution in [0, 0.1) is 0 Å². The van der Waals surface area contributed by atoms with Crippen LogP contribution >= 0.6 is 11.6 Å². The van der Waals surface area contributed by atoms with Gasteiger partial charge in [-0.2, -0.15) is 0 Å². The number of para-hydroxylation sites is 1. The summed E-state index contributed by atoms with van der Waals surface area (Å²) in [6.45, 7) is 1.88. The van der Waals surface area contributed by atoms with Crippen LogP contribution in [0.5, 0.6) is 5.75 Å². The Kier molecular flexibility index (Phi) is 7.42. The van der Waals surface area contributed by atoms with E-state index in [0.29, 0.717) is 37.0 Å². The largest absolute Gasteiger partial charge is 0.482 e. The number of hydrogen-bond donors (Lipinski definition) is 1. The number of rotatable bonds is 8. The SMILES string of the molecule is COCCNC(=O)c1cn(C2CCCN(C(=O)COc3ccccc3Cl)C2)nn1. The molecule has 0 radical (unpaired) electrons. The van der Waals surface area contributed by atoms with Crippen molar-refractivity contribution in [2.45, 2.75) is 18.9 Å². The number of piperidine rings is 1. The highest BCUT2D eigenvalue weighted by molar-refractivity contribution is 6.32. The van der Waals surface area contributed by atoms with Crippen LogP contribution in [0.1, 0.15) is 29.4 Å². The standard InChI is InChI=1S/C19H24ClN5O4/c1-28-10-8-21-19(27)16-12-25(23-22-16)14-5-4-9-24(11-14)18(26)13-29-17-7-3-2-6-15(17)20/h2-3,6-7,12,14H,4-5,8-11,13H2,1H3,(H,21,27). The summed E-state index contributed by atoms with van der Waals surface area (Å²) in [6.07, 6.45) is 3.29. The lowest BCUT2D eigenvalue weighted by Gasteiger charge is -2.32. The number of carbonyl (C=O) groups excluding carboxylic acids is 2.